The minimum absolute atomic E-state index is 0.300. The normalized spacial score (nSPS) is 9.64. The van der Waals surface area contributed by atoms with Crippen molar-refractivity contribution in [2.24, 2.45) is 0 Å². The molecule has 5 heteroatoms. The first-order chi connectivity index (χ1) is 6.49. The Morgan fingerprint density at radius 1 is 1.50 bits per heavy atom. The molecule has 0 aromatic carbocycles. The van der Waals surface area contributed by atoms with Crippen LogP contribution in [0.5, 0.6) is 0 Å². The standard InChI is InChI=1S/C9H13N3OS/c1-5(2)10-8(13)12-9-11-6(3)7(4)14-9/h1H2,2-4H3,(H2,10,11,12,13). The van der Waals surface area contributed by atoms with Crippen LogP contribution in [0.15, 0.2) is 12.3 Å². The van der Waals surface area contributed by atoms with Crippen molar-refractivity contribution >= 4 is 22.5 Å². The summed E-state index contributed by atoms with van der Waals surface area (Å²) < 4.78 is 0. The summed E-state index contributed by atoms with van der Waals surface area (Å²) in [4.78, 5) is 16.5. The number of urea groups is 1. The summed E-state index contributed by atoms with van der Waals surface area (Å²) in [7, 11) is 0. The number of amides is 2. The number of carbonyl (C=O) groups is 1. The van der Waals surface area contributed by atoms with Crippen molar-refractivity contribution in [3.63, 3.8) is 0 Å². The van der Waals surface area contributed by atoms with Crippen molar-refractivity contribution in [1.82, 2.24) is 10.3 Å². The largest absolute Gasteiger partial charge is 0.325 e. The highest BCUT2D eigenvalue weighted by Crippen LogP contribution is 2.20. The van der Waals surface area contributed by atoms with E-state index in [1.54, 1.807) is 6.92 Å². The van der Waals surface area contributed by atoms with Crippen LogP contribution in [0.3, 0.4) is 0 Å². The number of aryl methyl sites for hydroxylation is 2. The molecule has 4 nitrogen and oxygen atoms in total. The van der Waals surface area contributed by atoms with Crippen LogP contribution in [0.4, 0.5) is 9.93 Å². The number of carbonyl (C=O) groups excluding carboxylic acids is 1. The Labute approximate surface area is 87.1 Å². The first kappa shape index (κ1) is 10.7. The Bertz CT molecular complexity index is 351. The minimum Gasteiger partial charge on any atom is -0.312 e. The Morgan fingerprint density at radius 3 is 2.57 bits per heavy atom. The predicted molar refractivity (Wildman–Crippen MR) is 58.6 cm³/mol. The van der Waals surface area contributed by atoms with Crippen molar-refractivity contribution in [1.29, 1.82) is 0 Å². The van der Waals surface area contributed by atoms with Gasteiger partial charge in [0, 0.05) is 10.6 Å². The van der Waals surface area contributed by atoms with Gasteiger partial charge in [-0.3, -0.25) is 5.32 Å². The van der Waals surface area contributed by atoms with Crippen molar-refractivity contribution in [2.45, 2.75) is 20.8 Å². The molecule has 0 saturated heterocycles. The van der Waals surface area contributed by atoms with E-state index in [0.29, 0.717) is 10.8 Å². The molecule has 1 aromatic rings. The van der Waals surface area contributed by atoms with Gasteiger partial charge in [0.1, 0.15) is 0 Å². The van der Waals surface area contributed by atoms with Crippen LogP contribution < -0.4 is 10.6 Å². The van der Waals surface area contributed by atoms with Gasteiger partial charge in [0.05, 0.1) is 5.69 Å². The highest BCUT2D eigenvalue weighted by atomic mass is 32.1. The highest BCUT2D eigenvalue weighted by molar-refractivity contribution is 7.15. The molecule has 0 bridgehead atoms. The van der Waals surface area contributed by atoms with Gasteiger partial charge in [0.25, 0.3) is 0 Å². The molecular formula is C9H13N3OS. The van der Waals surface area contributed by atoms with E-state index in [2.05, 4.69) is 22.2 Å². The third-order valence-corrected chi connectivity index (χ3v) is 2.56. The van der Waals surface area contributed by atoms with E-state index < -0.39 is 0 Å². The number of allylic oxidation sites excluding steroid dienone is 1. The first-order valence-electron chi connectivity index (χ1n) is 4.16. The highest BCUT2D eigenvalue weighted by Gasteiger charge is 2.06. The van der Waals surface area contributed by atoms with E-state index in [9.17, 15) is 4.79 Å². The molecule has 0 saturated carbocycles. The lowest BCUT2D eigenvalue weighted by molar-refractivity contribution is 0.254. The molecule has 2 amide bonds. The molecule has 0 aliphatic heterocycles. The molecule has 0 fully saturated rings. The molecule has 0 radical (unpaired) electrons. The summed E-state index contributed by atoms with van der Waals surface area (Å²) in [6, 6.07) is -0.300. The van der Waals surface area contributed by atoms with Crippen molar-refractivity contribution in [3.8, 4) is 0 Å². The van der Waals surface area contributed by atoms with Crippen LogP contribution in [0.25, 0.3) is 0 Å². The number of aromatic nitrogens is 1. The molecule has 76 valence electrons. The Morgan fingerprint density at radius 2 is 2.14 bits per heavy atom. The maximum absolute atomic E-state index is 11.2. The predicted octanol–water partition coefficient (Wildman–Crippen LogP) is 2.42. The SMILES string of the molecule is C=C(C)NC(=O)Nc1nc(C)c(C)s1. The Kier molecular flexibility index (Phi) is 3.24. The monoisotopic (exact) mass is 211 g/mol. The summed E-state index contributed by atoms with van der Waals surface area (Å²) in [5.41, 5.74) is 1.55. The molecule has 14 heavy (non-hydrogen) atoms. The number of nitrogens with zero attached hydrogens (tertiary/aromatic N) is 1. The average molecular weight is 211 g/mol. The summed E-state index contributed by atoms with van der Waals surface area (Å²) in [5.74, 6) is 0. The molecule has 1 aromatic heterocycles. The quantitative estimate of drug-likeness (QED) is 0.789. The Hall–Kier alpha value is -1.36. The maximum Gasteiger partial charge on any atom is 0.325 e. The van der Waals surface area contributed by atoms with E-state index in [-0.39, 0.29) is 6.03 Å². The van der Waals surface area contributed by atoms with E-state index >= 15 is 0 Å². The van der Waals surface area contributed by atoms with Crippen LogP contribution in [-0.2, 0) is 0 Å². The molecular weight excluding hydrogens is 198 g/mol. The topological polar surface area (TPSA) is 54.0 Å². The number of hydrogen-bond donors (Lipinski definition) is 2. The van der Waals surface area contributed by atoms with Crippen molar-refractivity contribution in [2.75, 3.05) is 5.32 Å². The molecule has 0 spiro atoms. The third kappa shape index (κ3) is 2.85. The summed E-state index contributed by atoms with van der Waals surface area (Å²) in [6.07, 6.45) is 0. The van der Waals surface area contributed by atoms with Gasteiger partial charge >= 0.3 is 6.03 Å². The number of rotatable bonds is 2. The number of thiazole rings is 1. The fourth-order valence-electron chi connectivity index (χ4n) is 0.848. The van der Waals surface area contributed by atoms with Gasteiger partial charge in [0.15, 0.2) is 5.13 Å². The molecule has 1 heterocycles. The zero-order valence-electron chi connectivity index (χ0n) is 8.47. The van der Waals surface area contributed by atoms with Gasteiger partial charge < -0.3 is 5.32 Å². The fourth-order valence-corrected chi connectivity index (χ4v) is 1.66. The second-order valence-corrected chi connectivity index (χ2v) is 4.22. The molecule has 0 aliphatic rings. The molecule has 0 aliphatic carbocycles. The van der Waals surface area contributed by atoms with Gasteiger partial charge in [-0.05, 0) is 20.8 Å². The number of nitrogens with one attached hydrogen (secondary N) is 2. The average Bonchev–Trinajstić information content (AvgIpc) is 2.28. The van der Waals surface area contributed by atoms with Crippen LogP contribution >= 0.6 is 11.3 Å². The van der Waals surface area contributed by atoms with Crippen molar-refractivity contribution < 1.29 is 4.79 Å². The van der Waals surface area contributed by atoms with Gasteiger partial charge in [0.2, 0.25) is 0 Å². The van der Waals surface area contributed by atoms with E-state index in [4.69, 9.17) is 0 Å². The first-order valence-corrected chi connectivity index (χ1v) is 4.98. The van der Waals surface area contributed by atoms with Crippen LogP contribution in [0.1, 0.15) is 17.5 Å². The minimum atomic E-state index is -0.300. The zero-order valence-corrected chi connectivity index (χ0v) is 9.29. The number of anilines is 1. The van der Waals surface area contributed by atoms with E-state index in [1.807, 2.05) is 13.8 Å². The maximum atomic E-state index is 11.2. The summed E-state index contributed by atoms with van der Waals surface area (Å²) >= 11 is 1.46. The van der Waals surface area contributed by atoms with Crippen LogP contribution in [0.2, 0.25) is 0 Å². The lowest BCUT2D eigenvalue weighted by Crippen LogP contribution is -2.26. The van der Waals surface area contributed by atoms with Gasteiger partial charge in [-0.25, -0.2) is 9.78 Å². The lowest BCUT2D eigenvalue weighted by atomic mass is 10.4. The second kappa shape index (κ2) is 4.23. The smallest absolute Gasteiger partial charge is 0.312 e. The molecule has 0 atom stereocenters. The Balaban J connectivity index is 2.60. The van der Waals surface area contributed by atoms with E-state index in [0.717, 1.165) is 10.6 Å². The van der Waals surface area contributed by atoms with Gasteiger partial charge in [-0.2, -0.15) is 0 Å². The van der Waals surface area contributed by atoms with Crippen molar-refractivity contribution in [3.05, 3.63) is 22.8 Å². The molecule has 1 rings (SSSR count). The zero-order chi connectivity index (χ0) is 10.7. The van der Waals surface area contributed by atoms with Gasteiger partial charge in [-0.1, -0.05) is 6.58 Å². The molecule has 2 N–H and O–H groups in total. The van der Waals surface area contributed by atoms with Gasteiger partial charge in [-0.15, -0.1) is 11.3 Å². The second-order valence-electron chi connectivity index (χ2n) is 3.02. The number of hydrogen-bond acceptors (Lipinski definition) is 3. The van der Waals surface area contributed by atoms with E-state index in [1.165, 1.54) is 11.3 Å². The van der Waals surface area contributed by atoms with Crippen LogP contribution in [-0.4, -0.2) is 11.0 Å². The van der Waals surface area contributed by atoms with Crippen LogP contribution in [0, 0.1) is 13.8 Å². The molecule has 0 unspecified atom stereocenters. The third-order valence-electron chi connectivity index (χ3n) is 1.58. The summed E-state index contributed by atoms with van der Waals surface area (Å²) in [5, 5.41) is 5.78. The fraction of sp³-hybridized carbons (Fsp3) is 0.333. The lowest BCUT2D eigenvalue weighted by Gasteiger charge is -2.02. The summed E-state index contributed by atoms with van der Waals surface area (Å²) in [6.45, 7) is 9.17.